The molecule has 0 atom stereocenters. The monoisotopic (exact) mass is 278 g/mol. The molecule has 5 heteroatoms. The summed E-state index contributed by atoms with van der Waals surface area (Å²) in [6.45, 7) is 7.91. The lowest BCUT2D eigenvalue weighted by Crippen LogP contribution is -2.29. The lowest BCUT2D eigenvalue weighted by atomic mass is 10.2. The van der Waals surface area contributed by atoms with E-state index in [0.717, 1.165) is 31.3 Å². The number of nitrogens with zero attached hydrogens (tertiary/aromatic N) is 2. The number of hydrogen-bond donors (Lipinski definition) is 2. The molecular formula is C15H26N4O. The average molecular weight is 278 g/mol. The molecular weight excluding hydrogens is 252 g/mol. The molecule has 1 aromatic heterocycles. The molecule has 1 saturated heterocycles. The van der Waals surface area contributed by atoms with Gasteiger partial charge in [0.25, 0.3) is 5.56 Å². The predicted molar refractivity (Wildman–Crippen MR) is 82.1 cm³/mol. The second kappa shape index (κ2) is 7.43. The van der Waals surface area contributed by atoms with Crippen LogP contribution in [-0.4, -0.2) is 29.6 Å². The van der Waals surface area contributed by atoms with Crippen molar-refractivity contribution in [3.05, 3.63) is 22.1 Å². The van der Waals surface area contributed by atoms with E-state index < -0.39 is 0 Å². The molecule has 0 saturated carbocycles. The molecule has 0 aliphatic carbocycles. The maximum Gasteiger partial charge on any atom is 0.252 e. The van der Waals surface area contributed by atoms with Crippen molar-refractivity contribution in [2.45, 2.75) is 46.1 Å². The molecule has 2 heterocycles. The van der Waals surface area contributed by atoms with Crippen molar-refractivity contribution in [3.63, 3.8) is 0 Å². The fourth-order valence-electron chi connectivity index (χ4n) is 2.51. The summed E-state index contributed by atoms with van der Waals surface area (Å²) in [5.41, 5.74) is 0.772. The summed E-state index contributed by atoms with van der Waals surface area (Å²) in [6, 6.07) is 1.59. The normalized spacial score (nSPS) is 16.4. The molecule has 0 bridgehead atoms. The SMILES string of the molecule is CC(C)CNCc1cc(=O)[nH]c(N2CCCCCC2)n1. The van der Waals surface area contributed by atoms with Gasteiger partial charge in [0.05, 0.1) is 5.69 Å². The topological polar surface area (TPSA) is 61.0 Å². The van der Waals surface area contributed by atoms with E-state index in [9.17, 15) is 4.79 Å². The molecule has 1 fully saturated rings. The highest BCUT2D eigenvalue weighted by Crippen LogP contribution is 2.14. The molecule has 20 heavy (non-hydrogen) atoms. The minimum Gasteiger partial charge on any atom is -0.342 e. The van der Waals surface area contributed by atoms with Gasteiger partial charge in [0.1, 0.15) is 0 Å². The predicted octanol–water partition coefficient (Wildman–Crippen LogP) is 1.90. The molecule has 0 spiro atoms. The molecule has 5 nitrogen and oxygen atoms in total. The van der Waals surface area contributed by atoms with Crippen LogP contribution in [0.4, 0.5) is 5.95 Å². The molecule has 2 rings (SSSR count). The lowest BCUT2D eigenvalue weighted by molar-refractivity contribution is 0.547. The minimum absolute atomic E-state index is 0.0550. The van der Waals surface area contributed by atoms with Crippen LogP contribution in [0.15, 0.2) is 10.9 Å². The molecule has 2 N–H and O–H groups in total. The van der Waals surface area contributed by atoms with Crippen LogP contribution in [0.5, 0.6) is 0 Å². The summed E-state index contributed by atoms with van der Waals surface area (Å²) >= 11 is 0. The van der Waals surface area contributed by atoms with Gasteiger partial charge in [0, 0.05) is 25.7 Å². The van der Waals surface area contributed by atoms with Crippen LogP contribution in [0, 0.1) is 5.92 Å². The number of anilines is 1. The van der Waals surface area contributed by atoms with Gasteiger partial charge in [-0.15, -0.1) is 0 Å². The van der Waals surface area contributed by atoms with Crippen LogP contribution >= 0.6 is 0 Å². The van der Waals surface area contributed by atoms with Crippen molar-refractivity contribution < 1.29 is 0 Å². The van der Waals surface area contributed by atoms with E-state index >= 15 is 0 Å². The Kier molecular flexibility index (Phi) is 5.59. The smallest absolute Gasteiger partial charge is 0.252 e. The largest absolute Gasteiger partial charge is 0.342 e. The third kappa shape index (κ3) is 4.63. The van der Waals surface area contributed by atoms with Crippen LogP contribution in [0.3, 0.4) is 0 Å². The van der Waals surface area contributed by atoms with E-state index in [1.807, 2.05) is 0 Å². The summed E-state index contributed by atoms with van der Waals surface area (Å²) in [6.07, 6.45) is 4.91. The van der Waals surface area contributed by atoms with Gasteiger partial charge in [0.2, 0.25) is 5.95 Å². The summed E-state index contributed by atoms with van der Waals surface area (Å²) < 4.78 is 0. The highest BCUT2D eigenvalue weighted by molar-refractivity contribution is 5.30. The highest BCUT2D eigenvalue weighted by atomic mass is 16.1. The Balaban J connectivity index is 2.05. The molecule has 0 unspecified atom stereocenters. The first kappa shape index (κ1) is 15.0. The van der Waals surface area contributed by atoms with Crippen LogP contribution in [0.25, 0.3) is 0 Å². The molecule has 0 amide bonds. The summed E-state index contributed by atoms with van der Waals surface area (Å²) in [5.74, 6) is 1.34. The van der Waals surface area contributed by atoms with Crippen molar-refractivity contribution in [2.75, 3.05) is 24.5 Å². The van der Waals surface area contributed by atoms with E-state index in [-0.39, 0.29) is 5.56 Å². The first-order valence-electron chi connectivity index (χ1n) is 7.71. The quantitative estimate of drug-likeness (QED) is 0.863. The Morgan fingerprint density at radius 2 is 2.00 bits per heavy atom. The Morgan fingerprint density at radius 1 is 1.30 bits per heavy atom. The van der Waals surface area contributed by atoms with Crippen LogP contribution in [0.2, 0.25) is 0 Å². The number of aromatic nitrogens is 2. The van der Waals surface area contributed by atoms with Crippen molar-refractivity contribution >= 4 is 5.95 Å². The van der Waals surface area contributed by atoms with Crippen LogP contribution in [-0.2, 0) is 6.54 Å². The Labute approximate surface area is 120 Å². The first-order valence-corrected chi connectivity index (χ1v) is 7.71. The highest BCUT2D eigenvalue weighted by Gasteiger charge is 2.12. The van der Waals surface area contributed by atoms with Gasteiger partial charge < -0.3 is 10.2 Å². The summed E-state index contributed by atoms with van der Waals surface area (Å²) in [7, 11) is 0. The summed E-state index contributed by atoms with van der Waals surface area (Å²) in [5, 5.41) is 3.34. The van der Waals surface area contributed by atoms with Crippen LogP contribution in [0.1, 0.15) is 45.2 Å². The Morgan fingerprint density at radius 3 is 2.65 bits per heavy atom. The number of nitrogens with one attached hydrogen (secondary N) is 2. The van der Waals surface area contributed by atoms with Crippen molar-refractivity contribution in [1.82, 2.24) is 15.3 Å². The molecule has 1 aliphatic heterocycles. The zero-order chi connectivity index (χ0) is 14.4. The van der Waals surface area contributed by atoms with Gasteiger partial charge in [-0.2, -0.15) is 0 Å². The standard InChI is InChI=1S/C15H26N4O/c1-12(2)10-16-11-13-9-14(20)18-15(17-13)19-7-5-3-4-6-8-19/h9,12,16H,3-8,10-11H2,1-2H3,(H,17,18,20). The van der Waals surface area contributed by atoms with Gasteiger partial charge in [0.15, 0.2) is 0 Å². The van der Waals surface area contributed by atoms with Gasteiger partial charge >= 0.3 is 0 Å². The maximum absolute atomic E-state index is 11.8. The van der Waals surface area contributed by atoms with Gasteiger partial charge in [-0.25, -0.2) is 4.98 Å². The zero-order valence-corrected chi connectivity index (χ0v) is 12.6. The van der Waals surface area contributed by atoms with Crippen molar-refractivity contribution in [2.24, 2.45) is 5.92 Å². The number of rotatable bonds is 5. The first-order chi connectivity index (χ1) is 9.65. The van der Waals surface area contributed by atoms with E-state index in [2.05, 4.69) is 34.0 Å². The third-order valence-corrected chi connectivity index (χ3v) is 3.55. The van der Waals surface area contributed by atoms with E-state index in [1.54, 1.807) is 6.07 Å². The average Bonchev–Trinajstić information content (AvgIpc) is 2.66. The lowest BCUT2D eigenvalue weighted by Gasteiger charge is -2.21. The zero-order valence-electron chi connectivity index (χ0n) is 12.6. The van der Waals surface area contributed by atoms with Crippen molar-refractivity contribution in [3.8, 4) is 0 Å². The second-order valence-corrected chi connectivity index (χ2v) is 5.99. The van der Waals surface area contributed by atoms with Gasteiger partial charge in [-0.05, 0) is 25.3 Å². The third-order valence-electron chi connectivity index (χ3n) is 3.55. The van der Waals surface area contributed by atoms with Gasteiger partial charge in [-0.1, -0.05) is 26.7 Å². The van der Waals surface area contributed by atoms with E-state index in [4.69, 9.17) is 0 Å². The van der Waals surface area contributed by atoms with Gasteiger partial charge in [-0.3, -0.25) is 9.78 Å². The Hall–Kier alpha value is -1.36. The number of aromatic amines is 1. The van der Waals surface area contributed by atoms with E-state index in [1.165, 1.54) is 25.7 Å². The molecule has 0 radical (unpaired) electrons. The maximum atomic E-state index is 11.8. The Bertz CT molecular complexity index is 461. The molecule has 1 aliphatic rings. The molecule has 112 valence electrons. The second-order valence-electron chi connectivity index (χ2n) is 5.99. The van der Waals surface area contributed by atoms with E-state index in [0.29, 0.717) is 12.5 Å². The molecule has 0 aromatic carbocycles. The fourth-order valence-corrected chi connectivity index (χ4v) is 2.51. The van der Waals surface area contributed by atoms with Crippen molar-refractivity contribution in [1.29, 1.82) is 0 Å². The minimum atomic E-state index is -0.0550. The fraction of sp³-hybridized carbons (Fsp3) is 0.733. The number of hydrogen-bond acceptors (Lipinski definition) is 4. The number of H-pyrrole nitrogens is 1. The molecule has 1 aromatic rings. The summed E-state index contributed by atoms with van der Waals surface area (Å²) in [4.78, 5) is 21.5. The van der Waals surface area contributed by atoms with Crippen LogP contribution < -0.4 is 15.8 Å².